The van der Waals surface area contributed by atoms with Gasteiger partial charge in [-0.2, -0.15) is 18.3 Å². The molecule has 1 aliphatic heterocycles. The van der Waals surface area contributed by atoms with Crippen LogP contribution in [-0.2, 0) is 17.5 Å². The quantitative estimate of drug-likeness (QED) is 0.898. The van der Waals surface area contributed by atoms with E-state index in [2.05, 4.69) is 16.9 Å². The van der Waals surface area contributed by atoms with Gasteiger partial charge in [-0.25, -0.2) is 4.68 Å². The number of benzene rings is 1. The van der Waals surface area contributed by atoms with E-state index in [-0.39, 0.29) is 12.0 Å². The van der Waals surface area contributed by atoms with Crippen LogP contribution in [0.5, 0.6) is 0 Å². The monoisotopic (exact) mass is 367 g/mol. The summed E-state index contributed by atoms with van der Waals surface area (Å²) in [6.45, 7) is 3.12. The largest absolute Gasteiger partial charge is 0.481 e. The van der Waals surface area contributed by atoms with Gasteiger partial charge in [-0.15, -0.1) is 0 Å². The smallest absolute Gasteiger partial charge is 0.416 e. The number of hydrogen-bond donors (Lipinski definition) is 1. The molecule has 26 heavy (non-hydrogen) atoms. The number of carboxylic acids is 1. The fourth-order valence-corrected chi connectivity index (χ4v) is 3.22. The van der Waals surface area contributed by atoms with Crippen LogP contribution in [0.25, 0.3) is 5.69 Å². The van der Waals surface area contributed by atoms with E-state index in [0.29, 0.717) is 25.2 Å². The zero-order valence-electron chi connectivity index (χ0n) is 14.3. The number of carboxylic acid groups (broad SMARTS) is 1. The van der Waals surface area contributed by atoms with E-state index in [1.165, 1.54) is 16.8 Å². The maximum atomic E-state index is 12.6. The predicted octanol–water partition coefficient (Wildman–Crippen LogP) is 3.58. The lowest BCUT2D eigenvalue weighted by Crippen LogP contribution is -2.43. The lowest BCUT2D eigenvalue weighted by atomic mass is 9.93. The topological polar surface area (TPSA) is 58.4 Å². The van der Waals surface area contributed by atoms with Crippen molar-refractivity contribution in [3.8, 4) is 5.69 Å². The molecule has 0 saturated carbocycles. The molecule has 8 heteroatoms. The maximum Gasteiger partial charge on any atom is 0.416 e. The van der Waals surface area contributed by atoms with Gasteiger partial charge in [0, 0.05) is 30.9 Å². The van der Waals surface area contributed by atoms with Gasteiger partial charge >= 0.3 is 12.1 Å². The van der Waals surface area contributed by atoms with Crippen molar-refractivity contribution in [1.82, 2.24) is 14.7 Å². The Morgan fingerprint density at radius 2 is 1.96 bits per heavy atom. The van der Waals surface area contributed by atoms with Crippen LogP contribution in [0, 0.1) is 5.92 Å². The molecule has 0 amide bonds. The minimum atomic E-state index is -4.36. The molecule has 0 bridgehead atoms. The summed E-state index contributed by atoms with van der Waals surface area (Å²) in [7, 11) is 0. The minimum absolute atomic E-state index is 0.278. The number of carbonyl (C=O) groups is 1. The highest BCUT2D eigenvalue weighted by Crippen LogP contribution is 2.29. The highest BCUT2D eigenvalue weighted by molar-refractivity contribution is 5.70. The zero-order valence-corrected chi connectivity index (χ0v) is 14.3. The van der Waals surface area contributed by atoms with Crippen molar-refractivity contribution in [1.29, 1.82) is 0 Å². The van der Waals surface area contributed by atoms with Gasteiger partial charge < -0.3 is 5.11 Å². The van der Waals surface area contributed by atoms with Crippen LogP contribution in [0.4, 0.5) is 13.2 Å². The number of hydrogen-bond acceptors (Lipinski definition) is 3. The highest BCUT2D eigenvalue weighted by atomic mass is 19.4. The van der Waals surface area contributed by atoms with Crippen molar-refractivity contribution < 1.29 is 23.1 Å². The number of halogens is 3. The number of alkyl halides is 3. The van der Waals surface area contributed by atoms with Crippen LogP contribution in [0.2, 0.25) is 0 Å². The van der Waals surface area contributed by atoms with Crippen LogP contribution in [-0.4, -0.2) is 38.3 Å². The molecule has 1 aromatic carbocycles. The Hall–Kier alpha value is -2.35. The number of piperidine rings is 1. The molecule has 1 aromatic heterocycles. The van der Waals surface area contributed by atoms with Gasteiger partial charge in [0.25, 0.3) is 0 Å². The van der Waals surface area contributed by atoms with E-state index in [9.17, 15) is 23.1 Å². The number of likely N-dealkylation sites (tertiary alicyclic amines) is 1. The summed E-state index contributed by atoms with van der Waals surface area (Å²) in [4.78, 5) is 13.3. The summed E-state index contributed by atoms with van der Waals surface area (Å²) in [5, 5.41) is 13.4. The average Bonchev–Trinajstić information content (AvgIpc) is 3.04. The van der Waals surface area contributed by atoms with Crippen LogP contribution in [0.15, 0.2) is 36.7 Å². The summed E-state index contributed by atoms with van der Waals surface area (Å²) in [6.07, 6.45) is 0.565. The average molecular weight is 367 g/mol. The molecular formula is C18H20F3N3O2. The van der Waals surface area contributed by atoms with Gasteiger partial charge in [-0.05, 0) is 44.0 Å². The number of rotatable bonds is 4. The summed E-state index contributed by atoms with van der Waals surface area (Å²) in [6, 6.07) is 5.09. The third-order valence-corrected chi connectivity index (χ3v) is 4.84. The van der Waals surface area contributed by atoms with Gasteiger partial charge in [0.1, 0.15) is 0 Å². The van der Waals surface area contributed by atoms with Crippen molar-refractivity contribution >= 4 is 5.97 Å². The van der Waals surface area contributed by atoms with E-state index in [0.717, 1.165) is 24.1 Å². The lowest BCUT2D eigenvalue weighted by Gasteiger charge is -2.36. The summed E-state index contributed by atoms with van der Waals surface area (Å²) < 4.78 is 39.5. The molecule has 0 spiro atoms. The first-order valence-corrected chi connectivity index (χ1v) is 8.42. The van der Waals surface area contributed by atoms with Gasteiger partial charge in [-0.3, -0.25) is 9.69 Å². The molecule has 2 aromatic rings. The normalized spacial score (nSPS) is 21.7. The SMILES string of the molecule is CC1CCC(C(=O)O)CN1Cc1cnn(-c2ccc(C(F)(F)F)cc2)c1. The molecular weight excluding hydrogens is 347 g/mol. The fourth-order valence-electron chi connectivity index (χ4n) is 3.22. The second-order valence-electron chi connectivity index (χ2n) is 6.73. The molecule has 1 saturated heterocycles. The second kappa shape index (κ2) is 7.11. The highest BCUT2D eigenvalue weighted by Gasteiger charge is 2.31. The van der Waals surface area contributed by atoms with E-state index in [1.807, 2.05) is 0 Å². The van der Waals surface area contributed by atoms with Crippen molar-refractivity contribution in [3.05, 3.63) is 47.8 Å². The van der Waals surface area contributed by atoms with Gasteiger partial charge in [0.05, 0.1) is 23.4 Å². The molecule has 140 valence electrons. The van der Waals surface area contributed by atoms with Crippen LogP contribution in [0.1, 0.15) is 30.9 Å². The molecule has 0 radical (unpaired) electrons. The summed E-state index contributed by atoms with van der Waals surface area (Å²) in [5.74, 6) is -1.14. The van der Waals surface area contributed by atoms with E-state index in [4.69, 9.17) is 0 Å². The maximum absolute atomic E-state index is 12.6. The Labute approximate surface area is 149 Å². The predicted molar refractivity (Wildman–Crippen MR) is 88.8 cm³/mol. The molecule has 2 atom stereocenters. The van der Waals surface area contributed by atoms with E-state index >= 15 is 0 Å². The lowest BCUT2D eigenvalue weighted by molar-refractivity contribution is -0.144. The Kier molecular flexibility index (Phi) is 5.04. The first-order valence-electron chi connectivity index (χ1n) is 8.42. The molecule has 1 N–H and O–H groups in total. The molecule has 2 heterocycles. The van der Waals surface area contributed by atoms with Crippen LogP contribution in [0.3, 0.4) is 0 Å². The van der Waals surface area contributed by atoms with Crippen LogP contribution < -0.4 is 0 Å². The van der Waals surface area contributed by atoms with Crippen molar-refractivity contribution in [2.24, 2.45) is 5.92 Å². The first kappa shape index (κ1) is 18.4. The molecule has 3 rings (SSSR count). The zero-order chi connectivity index (χ0) is 18.9. The third kappa shape index (κ3) is 4.07. The van der Waals surface area contributed by atoms with Gasteiger partial charge in [0.15, 0.2) is 0 Å². The molecule has 2 unspecified atom stereocenters. The molecule has 1 aliphatic rings. The van der Waals surface area contributed by atoms with Crippen molar-refractivity contribution in [3.63, 3.8) is 0 Å². The summed E-state index contributed by atoms with van der Waals surface area (Å²) >= 11 is 0. The Morgan fingerprint density at radius 3 is 2.58 bits per heavy atom. The van der Waals surface area contributed by atoms with E-state index < -0.39 is 17.7 Å². The Balaban J connectivity index is 1.70. The molecule has 5 nitrogen and oxygen atoms in total. The van der Waals surface area contributed by atoms with Crippen molar-refractivity contribution in [2.45, 2.75) is 38.5 Å². The van der Waals surface area contributed by atoms with Crippen molar-refractivity contribution in [2.75, 3.05) is 6.54 Å². The third-order valence-electron chi connectivity index (χ3n) is 4.84. The second-order valence-corrected chi connectivity index (χ2v) is 6.73. The Bertz CT molecular complexity index is 771. The number of nitrogens with zero attached hydrogens (tertiary/aromatic N) is 3. The summed E-state index contributed by atoms with van der Waals surface area (Å²) in [5.41, 5.74) is 0.734. The number of aliphatic carboxylic acids is 1. The van der Waals surface area contributed by atoms with Gasteiger partial charge in [-0.1, -0.05) is 0 Å². The molecule has 0 aliphatic carbocycles. The van der Waals surface area contributed by atoms with E-state index in [1.54, 1.807) is 12.4 Å². The first-order chi connectivity index (χ1) is 12.2. The number of aromatic nitrogens is 2. The Morgan fingerprint density at radius 1 is 1.27 bits per heavy atom. The minimum Gasteiger partial charge on any atom is -0.481 e. The van der Waals surface area contributed by atoms with Gasteiger partial charge in [0.2, 0.25) is 0 Å². The molecule has 1 fully saturated rings. The van der Waals surface area contributed by atoms with Crippen LogP contribution >= 0.6 is 0 Å². The standard InChI is InChI=1S/C18H20F3N3O2/c1-12-2-3-14(17(25)26)11-23(12)9-13-8-22-24(10-13)16-6-4-15(5-7-16)18(19,20)21/h4-8,10,12,14H,2-3,9,11H2,1H3,(H,25,26). The fraction of sp³-hybridized carbons (Fsp3) is 0.444.